The van der Waals surface area contributed by atoms with Gasteiger partial charge in [0.25, 0.3) is 0 Å². The van der Waals surface area contributed by atoms with Crippen molar-refractivity contribution in [3.63, 3.8) is 0 Å². The van der Waals surface area contributed by atoms with E-state index in [1.165, 1.54) is 6.07 Å². The Labute approximate surface area is 86.2 Å². The van der Waals surface area contributed by atoms with Gasteiger partial charge in [0.2, 0.25) is 0 Å². The molecular weight excluding hydrogens is 190 g/mol. The molecule has 0 saturated carbocycles. The Kier molecular flexibility index (Phi) is 2.11. The zero-order valence-corrected chi connectivity index (χ0v) is 7.77. The molecule has 0 aliphatic carbocycles. The summed E-state index contributed by atoms with van der Waals surface area (Å²) >= 11 is 0. The zero-order chi connectivity index (χ0) is 10.8. The fraction of sp³-hybridized carbons (Fsp3) is 0. The van der Waals surface area contributed by atoms with Gasteiger partial charge in [-0.3, -0.25) is 0 Å². The van der Waals surface area contributed by atoms with E-state index in [1.54, 1.807) is 18.2 Å². The smallest absolute Gasteiger partial charge is 0.337 e. The Morgan fingerprint density at radius 1 is 1.20 bits per heavy atom. The lowest BCUT2D eigenvalue weighted by molar-refractivity contribution is 0.0698. The highest BCUT2D eigenvalue weighted by Crippen LogP contribution is 2.21. The molecule has 0 unspecified atom stereocenters. The zero-order valence-electron chi connectivity index (χ0n) is 7.77. The predicted octanol–water partition coefficient (Wildman–Crippen LogP) is 2.41. The summed E-state index contributed by atoms with van der Waals surface area (Å²) in [5.74, 6) is -1.07. The summed E-state index contributed by atoms with van der Waals surface area (Å²) in [6.07, 6.45) is 0. The number of hydrogen-bond donors (Lipinski definition) is 1. The predicted molar refractivity (Wildman–Crippen MR) is 55.6 cm³/mol. The molecular formula is C12H7NO2. The van der Waals surface area contributed by atoms with E-state index in [4.69, 9.17) is 10.4 Å². The molecule has 0 fully saturated rings. The molecule has 3 heteroatoms. The van der Waals surface area contributed by atoms with Gasteiger partial charge in [-0.15, -0.1) is 0 Å². The normalized spacial score (nSPS) is 9.80. The molecule has 15 heavy (non-hydrogen) atoms. The molecule has 3 nitrogen and oxygen atoms in total. The monoisotopic (exact) mass is 197 g/mol. The molecule has 0 heterocycles. The van der Waals surface area contributed by atoms with Crippen LogP contribution in [0.4, 0.5) is 0 Å². The number of fused-ring (bicyclic) bond motifs is 1. The number of aromatic carboxylic acids is 1. The summed E-state index contributed by atoms with van der Waals surface area (Å²) in [4.78, 5) is 11.0. The SMILES string of the molecule is N#Cc1ccc2ccccc2c1C(=O)O. The highest BCUT2D eigenvalue weighted by molar-refractivity contribution is 6.05. The van der Waals surface area contributed by atoms with Crippen LogP contribution in [0.1, 0.15) is 15.9 Å². The molecule has 0 radical (unpaired) electrons. The Morgan fingerprint density at radius 3 is 2.60 bits per heavy atom. The Balaban J connectivity index is 2.92. The van der Waals surface area contributed by atoms with E-state index in [9.17, 15) is 4.79 Å². The van der Waals surface area contributed by atoms with Gasteiger partial charge >= 0.3 is 5.97 Å². The summed E-state index contributed by atoms with van der Waals surface area (Å²) in [6.45, 7) is 0. The molecule has 0 aromatic heterocycles. The highest BCUT2D eigenvalue weighted by Gasteiger charge is 2.13. The third-order valence-electron chi connectivity index (χ3n) is 2.26. The molecule has 2 aromatic rings. The van der Waals surface area contributed by atoms with Crippen molar-refractivity contribution in [2.24, 2.45) is 0 Å². The minimum Gasteiger partial charge on any atom is -0.478 e. The number of rotatable bonds is 1. The lowest BCUT2D eigenvalue weighted by atomic mass is 10.00. The van der Waals surface area contributed by atoms with Gasteiger partial charge in [-0.25, -0.2) is 4.79 Å². The van der Waals surface area contributed by atoms with Crippen LogP contribution in [0.15, 0.2) is 36.4 Å². The van der Waals surface area contributed by atoms with E-state index in [1.807, 2.05) is 18.2 Å². The van der Waals surface area contributed by atoms with Crippen molar-refractivity contribution in [1.82, 2.24) is 0 Å². The second-order valence-electron chi connectivity index (χ2n) is 3.13. The molecule has 2 aromatic carbocycles. The number of carboxylic acid groups (broad SMARTS) is 1. The number of benzene rings is 2. The standard InChI is InChI=1S/C12H7NO2/c13-7-9-6-5-8-3-1-2-4-10(8)11(9)12(14)15/h1-6H,(H,14,15). The van der Waals surface area contributed by atoms with E-state index in [0.29, 0.717) is 5.39 Å². The summed E-state index contributed by atoms with van der Waals surface area (Å²) < 4.78 is 0. The molecule has 0 amide bonds. The third kappa shape index (κ3) is 1.42. The van der Waals surface area contributed by atoms with Crippen LogP contribution < -0.4 is 0 Å². The summed E-state index contributed by atoms with van der Waals surface area (Å²) in [6, 6.07) is 12.3. The van der Waals surface area contributed by atoms with Gasteiger partial charge in [0.05, 0.1) is 11.1 Å². The van der Waals surface area contributed by atoms with Gasteiger partial charge in [0, 0.05) is 0 Å². The van der Waals surface area contributed by atoms with Crippen LogP contribution in [-0.4, -0.2) is 11.1 Å². The molecule has 0 aliphatic heterocycles. The fourth-order valence-electron chi connectivity index (χ4n) is 1.60. The summed E-state index contributed by atoms with van der Waals surface area (Å²) in [5, 5.41) is 19.3. The minimum absolute atomic E-state index is 0.0793. The molecule has 1 N–H and O–H groups in total. The van der Waals surface area contributed by atoms with Crippen molar-refractivity contribution in [3.05, 3.63) is 47.5 Å². The first-order valence-electron chi connectivity index (χ1n) is 4.39. The quantitative estimate of drug-likeness (QED) is 0.763. The van der Waals surface area contributed by atoms with Gasteiger partial charge in [-0.05, 0) is 16.8 Å². The van der Waals surface area contributed by atoms with Crippen LogP contribution in [0.3, 0.4) is 0 Å². The van der Waals surface area contributed by atoms with E-state index >= 15 is 0 Å². The maximum absolute atomic E-state index is 11.0. The number of hydrogen-bond acceptors (Lipinski definition) is 2. The maximum Gasteiger partial charge on any atom is 0.337 e. The van der Waals surface area contributed by atoms with E-state index < -0.39 is 5.97 Å². The Morgan fingerprint density at radius 2 is 1.93 bits per heavy atom. The lowest BCUT2D eigenvalue weighted by Crippen LogP contribution is -2.01. The number of nitriles is 1. The fourth-order valence-corrected chi connectivity index (χ4v) is 1.60. The molecule has 0 atom stereocenters. The molecule has 0 bridgehead atoms. The highest BCUT2D eigenvalue weighted by atomic mass is 16.4. The third-order valence-corrected chi connectivity index (χ3v) is 2.26. The van der Waals surface area contributed by atoms with Gasteiger partial charge in [0.15, 0.2) is 0 Å². The van der Waals surface area contributed by atoms with Crippen molar-refractivity contribution in [3.8, 4) is 6.07 Å². The van der Waals surface area contributed by atoms with Crippen LogP contribution in [0.2, 0.25) is 0 Å². The Bertz CT molecular complexity index is 582. The topological polar surface area (TPSA) is 61.1 Å². The molecule has 72 valence electrons. The second-order valence-corrected chi connectivity index (χ2v) is 3.13. The lowest BCUT2D eigenvalue weighted by Gasteiger charge is -2.03. The van der Waals surface area contributed by atoms with Crippen molar-refractivity contribution >= 4 is 16.7 Å². The minimum atomic E-state index is -1.07. The molecule has 0 saturated heterocycles. The average Bonchev–Trinajstić information content (AvgIpc) is 2.27. The first-order valence-corrected chi connectivity index (χ1v) is 4.39. The van der Waals surface area contributed by atoms with Crippen LogP contribution in [0.25, 0.3) is 10.8 Å². The van der Waals surface area contributed by atoms with Crippen LogP contribution >= 0.6 is 0 Å². The first kappa shape index (κ1) is 9.22. The van der Waals surface area contributed by atoms with Gasteiger partial charge in [0.1, 0.15) is 6.07 Å². The van der Waals surface area contributed by atoms with E-state index in [2.05, 4.69) is 0 Å². The van der Waals surface area contributed by atoms with Crippen molar-refractivity contribution < 1.29 is 9.90 Å². The van der Waals surface area contributed by atoms with Crippen LogP contribution in [0, 0.1) is 11.3 Å². The van der Waals surface area contributed by atoms with Gasteiger partial charge in [-0.1, -0.05) is 30.3 Å². The van der Waals surface area contributed by atoms with E-state index in [0.717, 1.165) is 5.39 Å². The molecule has 2 rings (SSSR count). The number of carboxylic acids is 1. The molecule has 0 spiro atoms. The van der Waals surface area contributed by atoms with Crippen LogP contribution in [0.5, 0.6) is 0 Å². The largest absolute Gasteiger partial charge is 0.478 e. The average molecular weight is 197 g/mol. The van der Waals surface area contributed by atoms with Gasteiger partial charge < -0.3 is 5.11 Å². The number of nitrogens with zero attached hydrogens (tertiary/aromatic N) is 1. The second kappa shape index (κ2) is 3.43. The van der Waals surface area contributed by atoms with Crippen molar-refractivity contribution in [2.45, 2.75) is 0 Å². The summed E-state index contributed by atoms with van der Waals surface area (Å²) in [7, 11) is 0. The number of carbonyl (C=O) groups is 1. The van der Waals surface area contributed by atoms with Crippen molar-refractivity contribution in [2.75, 3.05) is 0 Å². The first-order chi connectivity index (χ1) is 7.24. The maximum atomic E-state index is 11.0. The molecule has 0 aliphatic rings. The Hall–Kier alpha value is -2.34. The van der Waals surface area contributed by atoms with Crippen molar-refractivity contribution in [1.29, 1.82) is 5.26 Å². The van der Waals surface area contributed by atoms with Crippen LogP contribution in [-0.2, 0) is 0 Å². The van der Waals surface area contributed by atoms with E-state index in [-0.39, 0.29) is 11.1 Å². The summed E-state index contributed by atoms with van der Waals surface area (Å²) in [5.41, 5.74) is 0.275. The van der Waals surface area contributed by atoms with Gasteiger partial charge in [-0.2, -0.15) is 5.26 Å².